The molecule has 0 aliphatic carbocycles. The molecule has 2 rings (SSSR count). The van der Waals surface area contributed by atoms with Gasteiger partial charge in [-0.05, 0) is 30.2 Å². The number of carbonyl (C=O) groups excluding carboxylic acids is 1. The van der Waals surface area contributed by atoms with Crippen LogP contribution in [0.2, 0.25) is 0 Å². The van der Waals surface area contributed by atoms with Crippen LogP contribution in [-0.2, 0) is 4.74 Å². The summed E-state index contributed by atoms with van der Waals surface area (Å²) < 4.78 is 7.04. The number of ether oxygens (including phenoxy) is 1. The number of aromatic nitrogens is 2. The van der Waals surface area contributed by atoms with Crippen molar-refractivity contribution in [3.05, 3.63) is 48.5 Å². The number of rotatable bonds is 4. The SMILES string of the molecule is CC(C)COC(=O)c1ccc(-n2ccnc2)cc1. The van der Waals surface area contributed by atoms with Gasteiger partial charge in [0.2, 0.25) is 0 Å². The van der Waals surface area contributed by atoms with E-state index in [1.807, 2.05) is 36.7 Å². The molecule has 0 atom stereocenters. The van der Waals surface area contributed by atoms with E-state index in [4.69, 9.17) is 4.74 Å². The van der Waals surface area contributed by atoms with E-state index < -0.39 is 0 Å². The second kappa shape index (κ2) is 5.49. The Labute approximate surface area is 106 Å². The van der Waals surface area contributed by atoms with Crippen molar-refractivity contribution in [1.82, 2.24) is 9.55 Å². The monoisotopic (exact) mass is 244 g/mol. The Morgan fingerprint density at radius 3 is 2.61 bits per heavy atom. The fourth-order valence-corrected chi connectivity index (χ4v) is 1.51. The molecular formula is C14H16N2O2. The Morgan fingerprint density at radius 1 is 1.33 bits per heavy atom. The lowest BCUT2D eigenvalue weighted by Gasteiger charge is -2.07. The zero-order chi connectivity index (χ0) is 13.0. The molecule has 1 aromatic carbocycles. The van der Waals surface area contributed by atoms with Gasteiger partial charge in [0.05, 0.1) is 18.5 Å². The third kappa shape index (κ3) is 2.97. The highest BCUT2D eigenvalue weighted by Crippen LogP contribution is 2.10. The first-order chi connectivity index (χ1) is 8.66. The lowest BCUT2D eigenvalue weighted by Crippen LogP contribution is -2.10. The maximum Gasteiger partial charge on any atom is 0.338 e. The summed E-state index contributed by atoms with van der Waals surface area (Å²) in [6, 6.07) is 7.26. The van der Waals surface area contributed by atoms with E-state index in [0.29, 0.717) is 18.1 Å². The largest absolute Gasteiger partial charge is 0.462 e. The number of benzene rings is 1. The lowest BCUT2D eigenvalue weighted by molar-refractivity contribution is 0.0459. The molecule has 1 aromatic heterocycles. The first-order valence-electron chi connectivity index (χ1n) is 5.92. The number of hydrogen-bond acceptors (Lipinski definition) is 3. The van der Waals surface area contributed by atoms with Gasteiger partial charge in [0.25, 0.3) is 0 Å². The van der Waals surface area contributed by atoms with Crippen LogP contribution in [-0.4, -0.2) is 22.1 Å². The average molecular weight is 244 g/mol. The van der Waals surface area contributed by atoms with E-state index in [9.17, 15) is 4.79 Å². The van der Waals surface area contributed by atoms with E-state index in [1.165, 1.54) is 0 Å². The highest BCUT2D eigenvalue weighted by atomic mass is 16.5. The number of carbonyl (C=O) groups is 1. The zero-order valence-corrected chi connectivity index (χ0v) is 10.5. The summed E-state index contributed by atoms with van der Waals surface area (Å²) in [6.07, 6.45) is 5.28. The second-order valence-corrected chi connectivity index (χ2v) is 4.51. The Hall–Kier alpha value is -2.10. The summed E-state index contributed by atoms with van der Waals surface area (Å²) in [5.41, 5.74) is 1.53. The fraction of sp³-hybridized carbons (Fsp3) is 0.286. The predicted octanol–water partition coefficient (Wildman–Crippen LogP) is 2.69. The molecule has 4 heteroatoms. The summed E-state index contributed by atoms with van der Waals surface area (Å²) in [4.78, 5) is 15.7. The maximum atomic E-state index is 11.7. The summed E-state index contributed by atoms with van der Waals surface area (Å²) in [7, 11) is 0. The van der Waals surface area contributed by atoms with Crippen molar-refractivity contribution in [3.63, 3.8) is 0 Å². The van der Waals surface area contributed by atoms with Gasteiger partial charge in [-0.3, -0.25) is 0 Å². The normalized spacial score (nSPS) is 10.6. The first kappa shape index (κ1) is 12.4. The number of nitrogens with zero attached hydrogens (tertiary/aromatic N) is 2. The summed E-state index contributed by atoms with van der Waals surface area (Å²) >= 11 is 0. The van der Waals surface area contributed by atoms with Crippen LogP contribution in [0.1, 0.15) is 24.2 Å². The van der Waals surface area contributed by atoms with Crippen molar-refractivity contribution in [2.24, 2.45) is 5.92 Å². The van der Waals surface area contributed by atoms with Crippen molar-refractivity contribution in [1.29, 1.82) is 0 Å². The average Bonchev–Trinajstić information content (AvgIpc) is 2.90. The smallest absolute Gasteiger partial charge is 0.338 e. The summed E-state index contributed by atoms with van der Waals surface area (Å²) in [6.45, 7) is 4.47. The van der Waals surface area contributed by atoms with Crippen LogP contribution in [0.15, 0.2) is 43.0 Å². The Balaban J connectivity index is 2.06. The van der Waals surface area contributed by atoms with Gasteiger partial charge in [0.1, 0.15) is 0 Å². The Bertz CT molecular complexity index is 501. The molecule has 0 fully saturated rings. The van der Waals surface area contributed by atoms with Crippen LogP contribution in [0.25, 0.3) is 5.69 Å². The number of esters is 1. The predicted molar refractivity (Wildman–Crippen MR) is 68.7 cm³/mol. The molecule has 0 radical (unpaired) electrons. The van der Waals surface area contributed by atoms with Crippen molar-refractivity contribution >= 4 is 5.97 Å². The van der Waals surface area contributed by atoms with Crippen LogP contribution in [0, 0.1) is 5.92 Å². The molecule has 0 saturated heterocycles. The van der Waals surface area contributed by atoms with Crippen LogP contribution < -0.4 is 0 Å². The minimum atomic E-state index is -0.277. The van der Waals surface area contributed by atoms with Crippen molar-refractivity contribution in [2.75, 3.05) is 6.61 Å². The Morgan fingerprint density at radius 2 is 2.06 bits per heavy atom. The molecule has 18 heavy (non-hydrogen) atoms. The van der Waals surface area contributed by atoms with Crippen LogP contribution in [0.4, 0.5) is 0 Å². The molecule has 0 amide bonds. The van der Waals surface area contributed by atoms with Crippen LogP contribution in [0.5, 0.6) is 0 Å². The molecule has 2 aromatic rings. The molecule has 0 saturated carbocycles. The topological polar surface area (TPSA) is 44.1 Å². The molecular weight excluding hydrogens is 228 g/mol. The third-order valence-corrected chi connectivity index (χ3v) is 2.45. The van der Waals surface area contributed by atoms with Gasteiger partial charge in [-0.1, -0.05) is 13.8 Å². The molecule has 0 unspecified atom stereocenters. The molecule has 1 heterocycles. The highest BCUT2D eigenvalue weighted by Gasteiger charge is 2.08. The number of imidazole rings is 1. The van der Waals surface area contributed by atoms with Gasteiger partial charge in [0.15, 0.2) is 0 Å². The maximum absolute atomic E-state index is 11.7. The van der Waals surface area contributed by atoms with E-state index in [0.717, 1.165) is 5.69 Å². The van der Waals surface area contributed by atoms with Crippen LogP contribution in [0.3, 0.4) is 0 Å². The summed E-state index contributed by atoms with van der Waals surface area (Å²) in [5, 5.41) is 0. The lowest BCUT2D eigenvalue weighted by atomic mass is 10.2. The Kier molecular flexibility index (Phi) is 3.77. The standard InChI is InChI=1S/C14H16N2O2/c1-11(2)9-18-14(17)12-3-5-13(6-4-12)16-8-7-15-10-16/h3-8,10-11H,9H2,1-2H3. The van der Waals surface area contributed by atoms with Gasteiger partial charge >= 0.3 is 5.97 Å². The molecule has 0 bridgehead atoms. The van der Waals surface area contributed by atoms with E-state index >= 15 is 0 Å². The fourth-order valence-electron chi connectivity index (χ4n) is 1.51. The van der Waals surface area contributed by atoms with E-state index in [-0.39, 0.29) is 5.97 Å². The first-order valence-corrected chi connectivity index (χ1v) is 5.92. The summed E-state index contributed by atoms with van der Waals surface area (Å²) in [5.74, 6) is 0.0695. The molecule has 0 aliphatic rings. The van der Waals surface area contributed by atoms with Gasteiger partial charge in [-0.2, -0.15) is 0 Å². The van der Waals surface area contributed by atoms with Crippen LogP contribution >= 0.6 is 0 Å². The van der Waals surface area contributed by atoms with E-state index in [1.54, 1.807) is 24.7 Å². The molecule has 94 valence electrons. The highest BCUT2D eigenvalue weighted by molar-refractivity contribution is 5.89. The quantitative estimate of drug-likeness (QED) is 0.777. The van der Waals surface area contributed by atoms with Crippen molar-refractivity contribution < 1.29 is 9.53 Å². The van der Waals surface area contributed by atoms with Gasteiger partial charge in [-0.25, -0.2) is 9.78 Å². The third-order valence-electron chi connectivity index (χ3n) is 2.45. The molecule has 0 N–H and O–H groups in total. The zero-order valence-electron chi connectivity index (χ0n) is 10.5. The second-order valence-electron chi connectivity index (χ2n) is 4.51. The number of hydrogen-bond donors (Lipinski definition) is 0. The molecule has 0 spiro atoms. The minimum absolute atomic E-state index is 0.277. The molecule has 0 aliphatic heterocycles. The van der Waals surface area contributed by atoms with E-state index in [2.05, 4.69) is 4.98 Å². The van der Waals surface area contributed by atoms with Gasteiger partial charge in [-0.15, -0.1) is 0 Å². The van der Waals surface area contributed by atoms with Gasteiger partial charge in [0, 0.05) is 18.1 Å². The van der Waals surface area contributed by atoms with Crippen molar-refractivity contribution in [3.8, 4) is 5.69 Å². The molecule has 4 nitrogen and oxygen atoms in total. The van der Waals surface area contributed by atoms with Crippen molar-refractivity contribution in [2.45, 2.75) is 13.8 Å². The minimum Gasteiger partial charge on any atom is -0.462 e. The van der Waals surface area contributed by atoms with Gasteiger partial charge < -0.3 is 9.30 Å².